The van der Waals surface area contributed by atoms with Crippen LogP contribution >= 0.6 is 0 Å². The number of nitrogens with one attached hydrogen (secondary N) is 3. The van der Waals surface area contributed by atoms with E-state index >= 15 is 0 Å². The summed E-state index contributed by atoms with van der Waals surface area (Å²) in [4.78, 5) is 39.9. The third-order valence-corrected chi connectivity index (χ3v) is 6.64. The third-order valence-electron chi connectivity index (χ3n) is 6.64. The number of imide groups is 1. The summed E-state index contributed by atoms with van der Waals surface area (Å²) in [5.74, 6) is -0.445. The molecule has 7 nitrogen and oxygen atoms in total. The standard InChI is InChI=1S/C24H34N4O3/c1-23(2)13-16(14-24(3,4)27-23)26-22(31)25-15-10-11-18-19(12-15)21(30)28(20(18)29)17-8-6-5-7-9-17/h10-12,16-17,27H,5-9,13-14H2,1-4H3,(H2,25,26,31). The summed E-state index contributed by atoms with van der Waals surface area (Å²) in [5.41, 5.74) is 1.21. The Morgan fingerprint density at radius 2 is 1.58 bits per heavy atom. The van der Waals surface area contributed by atoms with Gasteiger partial charge in [-0.2, -0.15) is 0 Å². The minimum atomic E-state index is -0.292. The minimum Gasteiger partial charge on any atom is -0.335 e. The van der Waals surface area contributed by atoms with Crippen LogP contribution in [0.1, 0.15) is 93.4 Å². The topological polar surface area (TPSA) is 90.5 Å². The van der Waals surface area contributed by atoms with Crippen molar-refractivity contribution in [2.75, 3.05) is 5.32 Å². The Hall–Kier alpha value is -2.41. The molecule has 1 aromatic rings. The molecule has 1 aromatic carbocycles. The molecule has 0 unspecified atom stereocenters. The monoisotopic (exact) mass is 426 g/mol. The zero-order chi connectivity index (χ0) is 22.4. The summed E-state index contributed by atoms with van der Waals surface area (Å²) in [7, 11) is 0. The molecule has 1 aliphatic carbocycles. The van der Waals surface area contributed by atoms with Crippen molar-refractivity contribution in [1.82, 2.24) is 15.5 Å². The Kier molecular flexibility index (Phi) is 5.58. The Balaban J connectivity index is 1.43. The second-order valence-electron chi connectivity index (χ2n) is 10.6. The lowest BCUT2D eigenvalue weighted by Gasteiger charge is -2.46. The van der Waals surface area contributed by atoms with Crippen molar-refractivity contribution in [1.29, 1.82) is 0 Å². The van der Waals surface area contributed by atoms with Crippen LogP contribution in [0.15, 0.2) is 18.2 Å². The Morgan fingerprint density at radius 1 is 0.968 bits per heavy atom. The fraction of sp³-hybridized carbons (Fsp3) is 0.625. The van der Waals surface area contributed by atoms with Gasteiger partial charge in [-0.25, -0.2) is 4.79 Å². The van der Waals surface area contributed by atoms with Crippen molar-refractivity contribution in [2.45, 2.75) is 95.8 Å². The highest BCUT2D eigenvalue weighted by Crippen LogP contribution is 2.32. The minimum absolute atomic E-state index is 0.00697. The molecular formula is C24H34N4O3. The van der Waals surface area contributed by atoms with Crippen molar-refractivity contribution >= 4 is 23.5 Å². The van der Waals surface area contributed by atoms with E-state index < -0.39 is 0 Å². The SMILES string of the molecule is CC1(C)CC(NC(=O)Nc2ccc3c(c2)C(=O)N(C2CCCCC2)C3=O)CC(C)(C)N1. The van der Waals surface area contributed by atoms with Crippen molar-refractivity contribution < 1.29 is 14.4 Å². The van der Waals surface area contributed by atoms with E-state index in [-0.39, 0.29) is 41.0 Å². The number of rotatable bonds is 3. The number of piperidine rings is 1. The maximum absolute atomic E-state index is 13.0. The quantitative estimate of drug-likeness (QED) is 0.636. The number of carbonyl (C=O) groups is 3. The maximum Gasteiger partial charge on any atom is 0.319 e. The second kappa shape index (κ2) is 7.93. The molecule has 1 saturated carbocycles. The number of hydrogen-bond donors (Lipinski definition) is 3. The van der Waals surface area contributed by atoms with Crippen LogP contribution in [0, 0.1) is 0 Å². The van der Waals surface area contributed by atoms with Crippen LogP contribution in [-0.4, -0.2) is 45.9 Å². The molecular weight excluding hydrogens is 392 g/mol. The molecule has 0 bridgehead atoms. The molecule has 7 heteroatoms. The smallest absolute Gasteiger partial charge is 0.319 e. The van der Waals surface area contributed by atoms with Crippen LogP contribution < -0.4 is 16.0 Å². The Morgan fingerprint density at radius 3 is 2.23 bits per heavy atom. The van der Waals surface area contributed by atoms with Crippen molar-refractivity contribution in [3.05, 3.63) is 29.3 Å². The molecule has 4 amide bonds. The van der Waals surface area contributed by atoms with E-state index in [0.717, 1.165) is 44.9 Å². The maximum atomic E-state index is 13.0. The van der Waals surface area contributed by atoms with Crippen LogP contribution in [0.3, 0.4) is 0 Å². The van der Waals surface area contributed by atoms with E-state index in [1.807, 2.05) is 0 Å². The Labute approximate surface area is 184 Å². The summed E-state index contributed by atoms with van der Waals surface area (Å²) in [6.45, 7) is 8.56. The molecule has 4 rings (SSSR count). The average molecular weight is 427 g/mol. The first kappa shape index (κ1) is 21.8. The van der Waals surface area contributed by atoms with Gasteiger partial charge >= 0.3 is 6.03 Å². The number of benzene rings is 1. The molecule has 1 saturated heterocycles. The Bertz CT molecular complexity index is 886. The van der Waals surface area contributed by atoms with Gasteiger partial charge in [0.2, 0.25) is 0 Å². The fourth-order valence-electron chi connectivity index (χ4n) is 5.79. The van der Waals surface area contributed by atoms with Crippen LogP contribution in [0.4, 0.5) is 10.5 Å². The zero-order valence-corrected chi connectivity index (χ0v) is 19.0. The van der Waals surface area contributed by atoms with Gasteiger partial charge in [-0.1, -0.05) is 19.3 Å². The molecule has 31 heavy (non-hydrogen) atoms. The number of urea groups is 1. The van der Waals surface area contributed by atoms with Crippen molar-refractivity contribution in [2.24, 2.45) is 0 Å². The van der Waals surface area contributed by atoms with Gasteiger partial charge in [-0.3, -0.25) is 14.5 Å². The van der Waals surface area contributed by atoms with E-state index in [4.69, 9.17) is 0 Å². The van der Waals surface area contributed by atoms with Crippen LogP contribution in [0.25, 0.3) is 0 Å². The van der Waals surface area contributed by atoms with E-state index in [1.165, 1.54) is 4.90 Å². The first-order valence-corrected chi connectivity index (χ1v) is 11.4. The van der Waals surface area contributed by atoms with Crippen molar-refractivity contribution in [3.63, 3.8) is 0 Å². The number of anilines is 1. The highest BCUT2D eigenvalue weighted by atomic mass is 16.2. The van der Waals surface area contributed by atoms with Gasteiger partial charge in [0.25, 0.3) is 11.8 Å². The largest absolute Gasteiger partial charge is 0.335 e. The molecule has 0 spiro atoms. The predicted molar refractivity (Wildman–Crippen MR) is 120 cm³/mol. The third kappa shape index (κ3) is 4.61. The van der Waals surface area contributed by atoms with E-state index in [1.54, 1.807) is 18.2 Å². The molecule has 168 valence electrons. The predicted octanol–water partition coefficient (Wildman–Crippen LogP) is 4.05. The van der Waals surface area contributed by atoms with Gasteiger partial charge in [0.1, 0.15) is 0 Å². The molecule has 0 atom stereocenters. The zero-order valence-electron chi connectivity index (χ0n) is 19.0. The number of carbonyl (C=O) groups excluding carboxylic acids is 3. The summed E-state index contributed by atoms with van der Waals surface area (Å²) in [6, 6.07) is 4.74. The highest BCUT2D eigenvalue weighted by molar-refractivity contribution is 6.22. The summed E-state index contributed by atoms with van der Waals surface area (Å²) in [6.07, 6.45) is 6.68. The van der Waals surface area contributed by atoms with Gasteiger partial charge in [0.05, 0.1) is 11.1 Å². The van der Waals surface area contributed by atoms with E-state index in [0.29, 0.717) is 16.8 Å². The number of amides is 4. The lowest BCUT2D eigenvalue weighted by atomic mass is 9.80. The number of nitrogens with zero attached hydrogens (tertiary/aromatic N) is 1. The van der Waals surface area contributed by atoms with Gasteiger partial charge in [0.15, 0.2) is 0 Å². The molecule has 2 heterocycles. The van der Waals surface area contributed by atoms with Gasteiger partial charge < -0.3 is 16.0 Å². The number of fused-ring (bicyclic) bond motifs is 1. The van der Waals surface area contributed by atoms with Crippen LogP contribution in [-0.2, 0) is 0 Å². The highest BCUT2D eigenvalue weighted by Gasteiger charge is 2.41. The molecule has 2 fully saturated rings. The van der Waals surface area contributed by atoms with Crippen LogP contribution in [0.5, 0.6) is 0 Å². The van der Waals surface area contributed by atoms with E-state index in [9.17, 15) is 14.4 Å². The van der Waals surface area contributed by atoms with Gasteiger partial charge in [-0.15, -0.1) is 0 Å². The summed E-state index contributed by atoms with van der Waals surface area (Å²) < 4.78 is 0. The normalized spacial score (nSPS) is 23.5. The van der Waals surface area contributed by atoms with Crippen molar-refractivity contribution in [3.8, 4) is 0 Å². The molecule has 2 aliphatic heterocycles. The van der Waals surface area contributed by atoms with Gasteiger partial charge in [0, 0.05) is 28.8 Å². The van der Waals surface area contributed by atoms with Gasteiger partial charge in [-0.05, 0) is 71.6 Å². The van der Waals surface area contributed by atoms with E-state index in [2.05, 4.69) is 43.6 Å². The first-order valence-electron chi connectivity index (χ1n) is 11.4. The summed E-state index contributed by atoms with van der Waals surface area (Å²) in [5, 5.41) is 9.53. The lowest BCUT2D eigenvalue weighted by molar-refractivity contribution is 0.0548. The first-order chi connectivity index (χ1) is 14.5. The lowest BCUT2D eigenvalue weighted by Crippen LogP contribution is -2.62. The molecule has 3 aliphatic rings. The molecule has 0 aromatic heterocycles. The average Bonchev–Trinajstić information content (AvgIpc) is 2.90. The summed E-state index contributed by atoms with van der Waals surface area (Å²) >= 11 is 0. The molecule has 0 radical (unpaired) electrons. The van der Waals surface area contributed by atoms with Crippen LogP contribution in [0.2, 0.25) is 0 Å². The molecule has 3 N–H and O–H groups in total. The number of hydrogen-bond acceptors (Lipinski definition) is 4. The second-order valence-corrected chi connectivity index (χ2v) is 10.6. The fourth-order valence-corrected chi connectivity index (χ4v) is 5.79.